The van der Waals surface area contributed by atoms with E-state index < -0.39 is 35.0 Å². The fourth-order valence-corrected chi connectivity index (χ4v) is 2.86. The molecule has 0 spiro atoms. The van der Waals surface area contributed by atoms with Gasteiger partial charge in [-0.1, -0.05) is 6.08 Å². The fourth-order valence-electron chi connectivity index (χ4n) is 2.86. The molecule has 0 saturated carbocycles. The van der Waals surface area contributed by atoms with Gasteiger partial charge in [-0.15, -0.1) is 4.99 Å². The number of nitrogens with two attached hydrogens (primary N) is 1. The van der Waals surface area contributed by atoms with Gasteiger partial charge in [0.25, 0.3) is 0 Å². The quantitative estimate of drug-likeness (QED) is 0.370. The Balaban J connectivity index is 2.26. The number of nitrogens with one attached hydrogen (secondary N) is 1. The van der Waals surface area contributed by atoms with Gasteiger partial charge in [0.05, 0.1) is 5.69 Å². The summed E-state index contributed by atoms with van der Waals surface area (Å²) in [4.78, 5) is 30.0. The topological polar surface area (TPSA) is 106 Å². The smallest absolute Gasteiger partial charge is 0.437 e. The third kappa shape index (κ3) is 7.51. The van der Waals surface area contributed by atoms with E-state index in [0.29, 0.717) is 12.0 Å². The van der Waals surface area contributed by atoms with Gasteiger partial charge in [-0.3, -0.25) is 5.32 Å². The van der Waals surface area contributed by atoms with E-state index in [4.69, 9.17) is 15.2 Å². The summed E-state index contributed by atoms with van der Waals surface area (Å²) in [7, 11) is 0. The number of carbonyl (C=O) groups is 2. The predicted molar refractivity (Wildman–Crippen MR) is 118 cm³/mol. The summed E-state index contributed by atoms with van der Waals surface area (Å²) in [5, 5.41) is 2.48. The lowest BCUT2D eigenvalue weighted by Gasteiger charge is -2.30. The first-order chi connectivity index (χ1) is 14.6. The van der Waals surface area contributed by atoms with Crippen LogP contribution < -0.4 is 11.1 Å². The molecule has 2 rings (SSSR count). The Hall–Kier alpha value is -3.17. The minimum absolute atomic E-state index is 0.0623. The first-order valence-corrected chi connectivity index (χ1v) is 10.1. The molecule has 0 saturated heterocycles. The third-order valence-electron chi connectivity index (χ3n) is 4.14. The second-order valence-electron chi connectivity index (χ2n) is 9.32. The van der Waals surface area contributed by atoms with Crippen LogP contribution in [0.15, 0.2) is 23.2 Å². The van der Waals surface area contributed by atoms with Crippen molar-refractivity contribution in [1.82, 2.24) is 10.2 Å². The summed E-state index contributed by atoms with van der Waals surface area (Å²) in [6.07, 6.45) is 0.300. The SMILES string of the molecule is CC(C)(C)OC(=O)N=C(NC(=O)OC(C)(C)C)N1CC=C(c2cc(F)c(N)cc2F)CC1. The number of amides is 2. The van der Waals surface area contributed by atoms with E-state index >= 15 is 0 Å². The average molecular weight is 453 g/mol. The Morgan fingerprint density at radius 1 is 1.06 bits per heavy atom. The zero-order valence-corrected chi connectivity index (χ0v) is 19.2. The molecule has 0 bridgehead atoms. The van der Waals surface area contributed by atoms with E-state index in [2.05, 4.69) is 10.3 Å². The molecule has 3 N–H and O–H groups in total. The molecule has 1 aliphatic heterocycles. The maximum atomic E-state index is 14.3. The van der Waals surface area contributed by atoms with Crippen molar-refractivity contribution < 1.29 is 27.8 Å². The number of nitrogens with zero attached hydrogens (tertiary/aromatic N) is 2. The normalized spacial score (nSPS) is 15.2. The van der Waals surface area contributed by atoms with Crippen molar-refractivity contribution in [2.45, 2.75) is 59.2 Å². The molecular formula is C22H30F2N4O4. The van der Waals surface area contributed by atoms with Crippen LogP contribution in [0.1, 0.15) is 53.5 Å². The zero-order chi connectivity index (χ0) is 24.3. The fraction of sp³-hybridized carbons (Fsp3) is 0.500. The van der Waals surface area contributed by atoms with Crippen LogP contribution in [0.2, 0.25) is 0 Å². The Bertz CT molecular complexity index is 946. The number of aliphatic imine (C=N–C) groups is 1. The summed E-state index contributed by atoms with van der Waals surface area (Å²) in [6, 6.07) is 2.00. The van der Waals surface area contributed by atoms with Crippen LogP contribution in [-0.2, 0) is 9.47 Å². The second-order valence-corrected chi connectivity index (χ2v) is 9.32. The minimum Gasteiger partial charge on any atom is -0.444 e. The molecule has 1 aromatic rings. The Labute approximate surface area is 186 Å². The average Bonchev–Trinajstić information content (AvgIpc) is 2.61. The van der Waals surface area contributed by atoms with Crippen molar-refractivity contribution in [2.75, 3.05) is 18.8 Å². The van der Waals surface area contributed by atoms with Crippen molar-refractivity contribution in [2.24, 2.45) is 4.99 Å². The molecule has 176 valence electrons. The Morgan fingerprint density at radius 2 is 1.69 bits per heavy atom. The number of hydrogen-bond donors (Lipinski definition) is 2. The highest BCUT2D eigenvalue weighted by Gasteiger charge is 2.25. The van der Waals surface area contributed by atoms with Gasteiger partial charge in [0, 0.05) is 24.7 Å². The van der Waals surface area contributed by atoms with Gasteiger partial charge in [-0.2, -0.15) is 0 Å². The Morgan fingerprint density at radius 3 is 2.22 bits per heavy atom. The summed E-state index contributed by atoms with van der Waals surface area (Å²) in [5.41, 5.74) is 4.30. The standard InChI is InChI=1S/C22H30F2N4O4/c1-21(2,3)31-19(29)26-18(27-20(30)32-22(4,5)6)28-9-7-13(8-10-28)14-11-16(24)17(25)12-15(14)23/h7,11-12H,8-10,25H2,1-6H3,(H,26,27,29,30). The molecule has 0 aromatic heterocycles. The van der Waals surface area contributed by atoms with Crippen molar-refractivity contribution in [1.29, 1.82) is 0 Å². The van der Waals surface area contributed by atoms with Gasteiger partial charge in [0.2, 0.25) is 5.96 Å². The number of alkyl carbamates (subject to hydrolysis) is 1. The molecule has 2 amide bonds. The summed E-state index contributed by atoms with van der Waals surface area (Å²) >= 11 is 0. The van der Waals surface area contributed by atoms with E-state index in [9.17, 15) is 18.4 Å². The van der Waals surface area contributed by atoms with Gasteiger partial charge < -0.3 is 20.1 Å². The highest BCUT2D eigenvalue weighted by atomic mass is 19.1. The number of ether oxygens (including phenoxy) is 2. The first-order valence-electron chi connectivity index (χ1n) is 10.1. The number of anilines is 1. The van der Waals surface area contributed by atoms with Gasteiger partial charge in [0.15, 0.2) is 0 Å². The number of guanidine groups is 1. The van der Waals surface area contributed by atoms with Crippen molar-refractivity contribution in [3.05, 3.63) is 35.4 Å². The lowest BCUT2D eigenvalue weighted by molar-refractivity contribution is 0.0555. The van der Waals surface area contributed by atoms with E-state index in [1.54, 1.807) is 52.5 Å². The zero-order valence-electron chi connectivity index (χ0n) is 19.2. The van der Waals surface area contributed by atoms with Crippen molar-refractivity contribution in [3.8, 4) is 0 Å². The number of hydrogen-bond acceptors (Lipinski definition) is 5. The number of nitrogen functional groups attached to an aromatic ring is 1. The van der Waals surface area contributed by atoms with E-state index in [0.717, 1.165) is 12.1 Å². The van der Waals surface area contributed by atoms with Crippen LogP contribution in [0, 0.1) is 11.6 Å². The number of rotatable bonds is 1. The molecule has 0 fully saturated rings. The van der Waals surface area contributed by atoms with Crippen LogP contribution in [0.4, 0.5) is 24.1 Å². The number of benzene rings is 1. The molecule has 0 aliphatic carbocycles. The van der Waals surface area contributed by atoms with Gasteiger partial charge in [-0.05, 0) is 59.6 Å². The predicted octanol–water partition coefficient (Wildman–Crippen LogP) is 4.45. The Kier molecular flexibility index (Phi) is 7.48. The first kappa shape index (κ1) is 25.1. The molecule has 10 heteroatoms. The number of halogens is 2. The van der Waals surface area contributed by atoms with Crippen LogP contribution in [-0.4, -0.2) is 47.3 Å². The van der Waals surface area contributed by atoms with Gasteiger partial charge in [0.1, 0.15) is 22.8 Å². The maximum absolute atomic E-state index is 14.3. The van der Waals surface area contributed by atoms with Crippen LogP contribution in [0.25, 0.3) is 5.57 Å². The van der Waals surface area contributed by atoms with Crippen LogP contribution in [0.3, 0.4) is 0 Å². The van der Waals surface area contributed by atoms with Crippen LogP contribution >= 0.6 is 0 Å². The molecule has 0 unspecified atom stereocenters. The molecule has 32 heavy (non-hydrogen) atoms. The van der Waals surface area contributed by atoms with Gasteiger partial charge >= 0.3 is 12.2 Å². The molecule has 1 heterocycles. The molecule has 1 aliphatic rings. The summed E-state index contributed by atoms with van der Waals surface area (Å²) in [6.45, 7) is 10.6. The maximum Gasteiger partial charge on any atom is 0.437 e. The van der Waals surface area contributed by atoms with E-state index in [-0.39, 0.29) is 30.3 Å². The second kappa shape index (κ2) is 9.54. The lowest BCUT2D eigenvalue weighted by Crippen LogP contribution is -2.48. The summed E-state index contributed by atoms with van der Waals surface area (Å²) < 4.78 is 38.5. The monoisotopic (exact) mass is 452 g/mol. The molecule has 1 aromatic carbocycles. The highest BCUT2D eigenvalue weighted by Crippen LogP contribution is 2.28. The summed E-state index contributed by atoms with van der Waals surface area (Å²) in [5.74, 6) is -1.39. The minimum atomic E-state index is -0.884. The largest absolute Gasteiger partial charge is 0.444 e. The van der Waals surface area contributed by atoms with E-state index in [1.807, 2.05) is 0 Å². The molecule has 0 radical (unpaired) electrons. The van der Waals surface area contributed by atoms with Gasteiger partial charge in [-0.25, -0.2) is 18.4 Å². The van der Waals surface area contributed by atoms with Crippen LogP contribution in [0.5, 0.6) is 0 Å². The lowest BCUT2D eigenvalue weighted by atomic mass is 9.98. The molecule has 8 nitrogen and oxygen atoms in total. The van der Waals surface area contributed by atoms with Crippen molar-refractivity contribution in [3.63, 3.8) is 0 Å². The third-order valence-corrected chi connectivity index (χ3v) is 4.14. The molecule has 0 atom stereocenters. The van der Waals surface area contributed by atoms with E-state index in [1.165, 1.54) is 0 Å². The highest BCUT2D eigenvalue weighted by molar-refractivity contribution is 5.99. The van der Waals surface area contributed by atoms with Crippen molar-refractivity contribution >= 4 is 29.4 Å². The molecular weight excluding hydrogens is 422 g/mol. The number of carbonyl (C=O) groups excluding carboxylic acids is 2.